The fourth-order valence-electron chi connectivity index (χ4n) is 2.35. The highest BCUT2D eigenvalue weighted by Crippen LogP contribution is 2.36. The highest BCUT2D eigenvalue weighted by atomic mass is 35.5. The summed E-state index contributed by atoms with van der Waals surface area (Å²) < 4.78 is 0. The van der Waals surface area contributed by atoms with Crippen LogP contribution in [0.3, 0.4) is 0 Å². The number of fused-ring (bicyclic) bond motifs is 1. The van der Waals surface area contributed by atoms with E-state index in [9.17, 15) is 0 Å². The molecule has 0 aromatic heterocycles. The lowest BCUT2D eigenvalue weighted by Gasteiger charge is -2.11. The van der Waals surface area contributed by atoms with Crippen LogP contribution < -0.4 is 0 Å². The van der Waals surface area contributed by atoms with E-state index in [1.165, 1.54) is 26.8 Å². The average Bonchev–Trinajstić information content (AvgIpc) is 2.46. The third-order valence-electron chi connectivity index (χ3n) is 3.22. The lowest BCUT2D eigenvalue weighted by molar-refractivity contribution is 1.51. The molecule has 0 heterocycles. The molecule has 0 nitrogen and oxygen atoms in total. The van der Waals surface area contributed by atoms with Gasteiger partial charge in [0.15, 0.2) is 0 Å². The normalized spacial score (nSPS) is 10.8. The Labute approximate surface area is 122 Å². The van der Waals surface area contributed by atoms with Crippen molar-refractivity contribution in [2.45, 2.75) is 4.90 Å². The number of hydrogen-bond donors (Lipinski definition) is 0. The van der Waals surface area contributed by atoms with Crippen LogP contribution in [0, 0.1) is 0 Å². The SMILES string of the molecule is CSc1c(-c2cccc(Cl)c2)ccc2ccccc12. The van der Waals surface area contributed by atoms with Gasteiger partial charge >= 0.3 is 0 Å². The smallest absolute Gasteiger partial charge is 0.0412 e. The second kappa shape index (κ2) is 5.28. The summed E-state index contributed by atoms with van der Waals surface area (Å²) in [5.41, 5.74) is 2.41. The van der Waals surface area contributed by atoms with Crippen molar-refractivity contribution in [2.24, 2.45) is 0 Å². The maximum atomic E-state index is 6.10. The number of rotatable bonds is 2. The highest BCUT2D eigenvalue weighted by Gasteiger charge is 2.08. The molecule has 94 valence electrons. The summed E-state index contributed by atoms with van der Waals surface area (Å²) in [6.45, 7) is 0. The molecule has 3 aromatic carbocycles. The average molecular weight is 285 g/mol. The maximum Gasteiger partial charge on any atom is 0.0412 e. The van der Waals surface area contributed by atoms with Crippen LogP contribution in [0.4, 0.5) is 0 Å². The van der Waals surface area contributed by atoms with Crippen molar-refractivity contribution in [3.05, 3.63) is 65.7 Å². The summed E-state index contributed by atoms with van der Waals surface area (Å²) in [4.78, 5) is 1.31. The van der Waals surface area contributed by atoms with Crippen molar-refractivity contribution in [3.8, 4) is 11.1 Å². The van der Waals surface area contributed by atoms with E-state index in [1.807, 2.05) is 18.2 Å². The minimum atomic E-state index is 0.776. The standard InChI is InChI=1S/C17H13ClS/c1-19-17-15-8-3-2-5-12(15)9-10-16(17)13-6-4-7-14(18)11-13/h2-11H,1H3. The van der Waals surface area contributed by atoms with Gasteiger partial charge in [-0.1, -0.05) is 60.1 Å². The number of benzene rings is 3. The molecule has 0 aliphatic carbocycles. The molecule has 0 bridgehead atoms. The molecule has 2 heteroatoms. The molecular formula is C17H13ClS. The van der Waals surface area contributed by atoms with Gasteiger partial charge in [-0.05, 0) is 40.3 Å². The van der Waals surface area contributed by atoms with Crippen LogP contribution >= 0.6 is 23.4 Å². The Morgan fingerprint density at radius 2 is 1.74 bits per heavy atom. The summed E-state index contributed by atoms with van der Waals surface area (Å²) in [7, 11) is 0. The van der Waals surface area contributed by atoms with Crippen LogP contribution in [0.2, 0.25) is 5.02 Å². The third kappa shape index (κ3) is 2.36. The second-order valence-electron chi connectivity index (χ2n) is 4.38. The van der Waals surface area contributed by atoms with Crippen molar-refractivity contribution in [3.63, 3.8) is 0 Å². The lowest BCUT2D eigenvalue weighted by Crippen LogP contribution is -1.85. The molecule has 0 amide bonds. The Morgan fingerprint density at radius 1 is 0.895 bits per heavy atom. The Kier molecular flexibility index (Phi) is 3.50. The van der Waals surface area contributed by atoms with Crippen molar-refractivity contribution < 1.29 is 0 Å². The van der Waals surface area contributed by atoms with Crippen molar-refractivity contribution in [2.75, 3.05) is 6.26 Å². The van der Waals surface area contributed by atoms with E-state index in [-0.39, 0.29) is 0 Å². The minimum Gasteiger partial charge on any atom is -0.128 e. The predicted molar refractivity (Wildman–Crippen MR) is 86.2 cm³/mol. The molecule has 0 saturated heterocycles. The van der Waals surface area contributed by atoms with E-state index >= 15 is 0 Å². The predicted octanol–water partition coefficient (Wildman–Crippen LogP) is 5.88. The van der Waals surface area contributed by atoms with E-state index in [1.54, 1.807) is 11.8 Å². The Hall–Kier alpha value is -1.44. The first-order chi connectivity index (χ1) is 9.29. The number of thioether (sulfide) groups is 1. The van der Waals surface area contributed by atoms with Crippen LogP contribution in [-0.4, -0.2) is 6.26 Å². The van der Waals surface area contributed by atoms with Crippen molar-refractivity contribution in [1.82, 2.24) is 0 Å². The molecular weight excluding hydrogens is 272 g/mol. The zero-order valence-corrected chi connectivity index (χ0v) is 12.1. The molecule has 0 spiro atoms. The van der Waals surface area contributed by atoms with Crippen LogP contribution in [0.25, 0.3) is 21.9 Å². The lowest BCUT2D eigenvalue weighted by atomic mass is 10.0. The summed E-state index contributed by atoms with van der Waals surface area (Å²) in [6.07, 6.45) is 2.12. The van der Waals surface area contributed by atoms with Gasteiger partial charge in [0.05, 0.1) is 0 Å². The fourth-order valence-corrected chi connectivity index (χ4v) is 3.35. The van der Waals surface area contributed by atoms with E-state index in [2.05, 4.69) is 48.7 Å². The molecule has 19 heavy (non-hydrogen) atoms. The zero-order chi connectivity index (χ0) is 13.2. The van der Waals surface area contributed by atoms with Gasteiger partial charge in [-0.15, -0.1) is 11.8 Å². The maximum absolute atomic E-state index is 6.10. The van der Waals surface area contributed by atoms with E-state index in [0.29, 0.717) is 0 Å². The molecule has 0 atom stereocenters. The quantitative estimate of drug-likeness (QED) is 0.529. The molecule has 0 saturated carbocycles. The largest absolute Gasteiger partial charge is 0.128 e. The topological polar surface area (TPSA) is 0 Å². The summed E-state index contributed by atoms with van der Waals surface area (Å²) in [6, 6.07) is 20.9. The van der Waals surface area contributed by atoms with Gasteiger partial charge in [0.2, 0.25) is 0 Å². The second-order valence-corrected chi connectivity index (χ2v) is 5.63. The van der Waals surface area contributed by atoms with Gasteiger partial charge in [0.25, 0.3) is 0 Å². The number of hydrogen-bond acceptors (Lipinski definition) is 1. The zero-order valence-electron chi connectivity index (χ0n) is 10.6. The highest BCUT2D eigenvalue weighted by molar-refractivity contribution is 7.99. The first kappa shape index (κ1) is 12.6. The summed E-state index contributed by atoms with van der Waals surface area (Å²) in [5.74, 6) is 0. The van der Waals surface area contributed by atoms with Crippen LogP contribution in [0.15, 0.2) is 65.6 Å². The fraction of sp³-hybridized carbons (Fsp3) is 0.0588. The Morgan fingerprint density at radius 3 is 2.53 bits per heavy atom. The van der Waals surface area contributed by atoms with Gasteiger partial charge in [-0.3, -0.25) is 0 Å². The molecule has 0 aliphatic rings. The van der Waals surface area contributed by atoms with Crippen LogP contribution in [0.5, 0.6) is 0 Å². The molecule has 0 aliphatic heterocycles. The Balaban J connectivity index is 2.29. The number of halogens is 1. The van der Waals surface area contributed by atoms with Crippen molar-refractivity contribution in [1.29, 1.82) is 0 Å². The molecule has 0 radical (unpaired) electrons. The molecule has 3 rings (SSSR count). The minimum absolute atomic E-state index is 0.776. The molecule has 0 fully saturated rings. The van der Waals surface area contributed by atoms with E-state index < -0.39 is 0 Å². The molecule has 0 unspecified atom stereocenters. The van der Waals surface area contributed by atoms with Gasteiger partial charge in [-0.2, -0.15) is 0 Å². The molecule has 3 aromatic rings. The summed E-state index contributed by atoms with van der Waals surface area (Å²) in [5, 5.41) is 3.35. The molecule has 0 N–H and O–H groups in total. The van der Waals surface area contributed by atoms with Gasteiger partial charge in [0, 0.05) is 9.92 Å². The van der Waals surface area contributed by atoms with E-state index in [0.717, 1.165) is 5.02 Å². The van der Waals surface area contributed by atoms with Gasteiger partial charge in [-0.25, -0.2) is 0 Å². The third-order valence-corrected chi connectivity index (χ3v) is 4.30. The van der Waals surface area contributed by atoms with Gasteiger partial charge < -0.3 is 0 Å². The van der Waals surface area contributed by atoms with Gasteiger partial charge in [0.1, 0.15) is 0 Å². The first-order valence-corrected chi connectivity index (χ1v) is 7.71. The first-order valence-electron chi connectivity index (χ1n) is 6.11. The van der Waals surface area contributed by atoms with Crippen LogP contribution in [0.1, 0.15) is 0 Å². The van der Waals surface area contributed by atoms with Crippen molar-refractivity contribution >= 4 is 34.1 Å². The summed E-state index contributed by atoms with van der Waals surface area (Å²) >= 11 is 7.88. The van der Waals surface area contributed by atoms with E-state index in [4.69, 9.17) is 11.6 Å². The van der Waals surface area contributed by atoms with Crippen LogP contribution in [-0.2, 0) is 0 Å². The Bertz CT molecular complexity index is 734. The monoisotopic (exact) mass is 284 g/mol.